The van der Waals surface area contributed by atoms with E-state index in [0.717, 1.165) is 31.5 Å². The van der Waals surface area contributed by atoms with Crippen molar-refractivity contribution >= 4 is 5.82 Å². The molecular weight excluding hydrogens is 242 g/mol. The fourth-order valence-corrected chi connectivity index (χ4v) is 2.48. The number of nitrogens with zero attached hydrogens (tertiary/aromatic N) is 2. The summed E-state index contributed by atoms with van der Waals surface area (Å²) in [6.07, 6.45) is 4.99. The van der Waals surface area contributed by atoms with Gasteiger partial charge in [-0.25, -0.2) is 4.98 Å². The minimum absolute atomic E-state index is 0.0753. The summed E-state index contributed by atoms with van der Waals surface area (Å²) in [4.78, 5) is 8.58. The van der Waals surface area contributed by atoms with Crippen molar-refractivity contribution in [1.82, 2.24) is 9.97 Å². The summed E-state index contributed by atoms with van der Waals surface area (Å²) in [5.74, 6) is 2.00. The Bertz CT molecular complexity index is 412. The molecule has 0 amide bonds. The maximum atomic E-state index is 10.1. The van der Waals surface area contributed by atoms with Gasteiger partial charge in [0.15, 0.2) is 0 Å². The van der Waals surface area contributed by atoms with Crippen LogP contribution >= 0.6 is 0 Å². The smallest absolute Gasteiger partial charge is 0.218 e. The Morgan fingerprint density at radius 3 is 2.89 bits per heavy atom. The molecule has 5 heteroatoms. The Labute approximate surface area is 114 Å². The average Bonchev–Trinajstić information content (AvgIpc) is 2.55. The third kappa shape index (κ3) is 4.06. The third-order valence-electron chi connectivity index (χ3n) is 3.42. The molecule has 2 N–H and O–H groups in total. The van der Waals surface area contributed by atoms with Crippen LogP contribution in [0.4, 0.5) is 5.82 Å². The molecule has 0 aliphatic heterocycles. The maximum absolute atomic E-state index is 10.1. The molecule has 1 aromatic rings. The van der Waals surface area contributed by atoms with Crippen molar-refractivity contribution in [2.75, 3.05) is 11.9 Å². The summed E-state index contributed by atoms with van der Waals surface area (Å²) in [5.41, 5.74) is 0. The molecule has 1 fully saturated rings. The number of hydrogen-bond acceptors (Lipinski definition) is 5. The van der Waals surface area contributed by atoms with E-state index in [1.54, 1.807) is 6.07 Å². The number of nitrogens with one attached hydrogen (secondary N) is 1. The monoisotopic (exact) mass is 265 g/mol. The van der Waals surface area contributed by atoms with Crippen LogP contribution in [-0.2, 0) is 0 Å². The molecule has 0 radical (unpaired) electrons. The zero-order valence-electron chi connectivity index (χ0n) is 11.7. The van der Waals surface area contributed by atoms with Crippen LogP contribution in [0.15, 0.2) is 6.07 Å². The lowest BCUT2D eigenvalue weighted by molar-refractivity contribution is 0.144. The van der Waals surface area contributed by atoms with Gasteiger partial charge in [0.25, 0.3) is 0 Å². The van der Waals surface area contributed by atoms with Crippen LogP contribution in [0.2, 0.25) is 0 Å². The molecule has 0 saturated heterocycles. The van der Waals surface area contributed by atoms with Gasteiger partial charge in [0, 0.05) is 6.07 Å². The molecule has 2 unspecified atom stereocenters. The zero-order valence-corrected chi connectivity index (χ0v) is 11.7. The molecule has 106 valence electrons. The zero-order chi connectivity index (χ0) is 13.7. The van der Waals surface area contributed by atoms with E-state index >= 15 is 0 Å². The van der Waals surface area contributed by atoms with Crippen LogP contribution in [0.1, 0.15) is 44.9 Å². The predicted octanol–water partition coefficient (Wildman–Crippen LogP) is 2.29. The Kier molecular flexibility index (Phi) is 4.96. The van der Waals surface area contributed by atoms with Crippen LogP contribution in [0.5, 0.6) is 5.88 Å². The van der Waals surface area contributed by atoms with Crippen molar-refractivity contribution in [1.29, 1.82) is 0 Å². The summed E-state index contributed by atoms with van der Waals surface area (Å²) in [6.45, 7) is 4.36. The van der Waals surface area contributed by atoms with Crippen molar-refractivity contribution in [2.45, 2.75) is 58.1 Å². The SMILES string of the molecule is CCOc1cc(NC2CCCCCC2O)nc(C)n1. The standard InChI is InChI=1S/C14H23N3O2/c1-3-19-14-9-13(15-10(2)16-14)17-11-7-5-4-6-8-12(11)18/h9,11-12,18H,3-8H2,1-2H3,(H,15,16,17). The number of aryl methyl sites for hydroxylation is 1. The van der Waals surface area contributed by atoms with E-state index in [-0.39, 0.29) is 12.1 Å². The summed E-state index contributed by atoms with van der Waals surface area (Å²) in [6, 6.07) is 1.87. The average molecular weight is 265 g/mol. The highest BCUT2D eigenvalue weighted by Crippen LogP contribution is 2.22. The van der Waals surface area contributed by atoms with E-state index < -0.39 is 0 Å². The fraction of sp³-hybridized carbons (Fsp3) is 0.714. The molecule has 5 nitrogen and oxygen atoms in total. The predicted molar refractivity (Wildman–Crippen MR) is 74.4 cm³/mol. The number of rotatable bonds is 4. The van der Waals surface area contributed by atoms with Gasteiger partial charge >= 0.3 is 0 Å². The molecule has 0 bridgehead atoms. The lowest BCUT2D eigenvalue weighted by Gasteiger charge is -2.22. The summed E-state index contributed by atoms with van der Waals surface area (Å²) in [7, 11) is 0. The van der Waals surface area contributed by atoms with Gasteiger partial charge in [0.1, 0.15) is 11.6 Å². The number of anilines is 1. The van der Waals surface area contributed by atoms with E-state index in [9.17, 15) is 5.11 Å². The van der Waals surface area contributed by atoms with Gasteiger partial charge in [-0.1, -0.05) is 19.3 Å². The van der Waals surface area contributed by atoms with E-state index in [1.165, 1.54) is 6.42 Å². The highest BCUT2D eigenvalue weighted by Gasteiger charge is 2.22. The van der Waals surface area contributed by atoms with Crippen LogP contribution in [0.3, 0.4) is 0 Å². The molecule has 2 atom stereocenters. The lowest BCUT2D eigenvalue weighted by atomic mass is 10.1. The van der Waals surface area contributed by atoms with Gasteiger partial charge in [-0.2, -0.15) is 4.98 Å². The van der Waals surface area contributed by atoms with Crippen molar-refractivity contribution in [3.63, 3.8) is 0 Å². The number of hydrogen-bond donors (Lipinski definition) is 2. The van der Waals surface area contributed by atoms with Gasteiger partial charge in [-0.3, -0.25) is 0 Å². The van der Waals surface area contributed by atoms with Crippen molar-refractivity contribution in [3.8, 4) is 5.88 Å². The van der Waals surface area contributed by atoms with Gasteiger partial charge in [-0.05, 0) is 26.7 Å². The largest absolute Gasteiger partial charge is 0.478 e. The second-order valence-electron chi connectivity index (χ2n) is 5.03. The first-order chi connectivity index (χ1) is 9.19. The normalized spacial score (nSPS) is 23.7. The lowest BCUT2D eigenvalue weighted by Crippen LogP contribution is -2.32. The van der Waals surface area contributed by atoms with E-state index in [1.807, 2.05) is 13.8 Å². The Balaban J connectivity index is 2.08. The van der Waals surface area contributed by atoms with Crippen molar-refractivity contribution < 1.29 is 9.84 Å². The number of ether oxygens (including phenoxy) is 1. The highest BCUT2D eigenvalue weighted by molar-refractivity contribution is 5.39. The Morgan fingerprint density at radius 2 is 2.11 bits per heavy atom. The Hall–Kier alpha value is -1.36. The summed E-state index contributed by atoms with van der Waals surface area (Å²) in [5, 5.41) is 13.4. The molecule has 1 heterocycles. The molecule has 0 aromatic carbocycles. The second-order valence-corrected chi connectivity index (χ2v) is 5.03. The molecular formula is C14H23N3O2. The highest BCUT2D eigenvalue weighted by atomic mass is 16.5. The first kappa shape index (κ1) is 14.1. The molecule has 19 heavy (non-hydrogen) atoms. The van der Waals surface area contributed by atoms with E-state index in [0.29, 0.717) is 18.3 Å². The van der Waals surface area contributed by atoms with E-state index in [2.05, 4.69) is 15.3 Å². The van der Waals surface area contributed by atoms with Gasteiger partial charge in [0.2, 0.25) is 5.88 Å². The topological polar surface area (TPSA) is 67.3 Å². The molecule has 1 aliphatic carbocycles. The molecule has 1 saturated carbocycles. The number of aliphatic hydroxyl groups excluding tert-OH is 1. The molecule has 1 aliphatic rings. The number of aromatic nitrogens is 2. The summed E-state index contributed by atoms with van der Waals surface area (Å²) >= 11 is 0. The Morgan fingerprint density at radius 1 is 1.32 bits per heavy atom. The van der Waals surface area contributed by atoms with Gasteiger partial charge in [0.05, 0.1) is 18.8 Å². The molecule has 0 spiro atoms. The van der Waals surface area contributed by atoms with Gasteiger partial charge < -0.3 is 15.2 Å². The first-order valence-corrected chi connectivity index (χ1v) is 7.12. The van der Waals surface area contributed by atoms with Crippen LogP contribution in [-0.4, -0.2) is 33.8 Å². The van der Waals surface area contributed by atoms with Crippen LogP contribution in [0.25, 0.3) is 0 Å². The molecule has 2 rings (SSSR count). The van der Waals surface area contributed by atoms with Crippen LogP contribution in [0, 0.1) is 6.92 Å². The van der Waals surface area contributed by atoms with Crippen molar-refractivity contribution in [3.05, 3.63) is 11.9 Å². The first-order valence-electron chi connectivity index (χ1n) is 7.12. The van der Waals surface area contributed by atoms with Crippen molar-refractivity contribution in [2.24, 2.45) is 0 Å². The third-order valence-corrected chi connectivity index (χ3v) is 3.42. The second kappa shape index (κ2) is 6.70. The minimum Gasteiger partial charge on any atom is -0.478 e. The molecule has 1 aromatic heterocycles. The minimum atomic E-state index is -0.298. The maximum Gasteiger partial charge on any atom is 0.218 e. The number of aliphatic hydroxyl groups is 1. The fourth-order valence-electron chi connectivity index (χ4n) is 2.48. The summed E-state index contributed by atoms with van der Waals surface area (Å²) < 4.78 is 5.41. The van der Waals surface area contributed by atoms with E-state index in [4.69, 9.17) is 4.74 Å². The van der Waals surface area contributed by atoms with Gasteiger partial charge in [-0.15, -0.1) is 0 Å². The van der Waals surface area contributed by atoms with Crippen LogP contribution < -0.4 is 10.1 Å². The quantitative estimate of drug-likeness (QED) is 0.818.